The average Bonchev–Trinajstić information content (AvgIpc) is 2.94. The number of rotatable bonds is 2. The predicted molar refractivity (Wildman–Crippen MR) is 76.0 cm³/mol. The molecule has 1 aliphatic heterocycles. The molecule has 3 heteroatoms. The molecule has 0 radical (unpaired) electrons. The van der Waals surface area contributed by atoms with Crippen LogP contribution in [0.5, 0.6) is 0 Å². The van der Waals surface area contributed by atoms with E-state index in [1.807, 2.05) is 0 Å². The molecule has 0 spiro atoms. The summed E-state index contributed by atoms with van der Waals surface area (Å²) in [4.78, 5) is 2.44. The van der Waals surface area contributed by atoms with E-state index in [0.717, 1.165) is 18.9 Å². The molecule has 1 heterocycles. The van der Waals surface area contributed by atoms with Gasteiger partial charge in [0.05, 0.1) is 17.8 Å². The Labute approximate surface area is 117 Å². The highest BCUT2D eigenvalue weighted by Gasteiger charge is 2.54. The van der Waals surface area contributed by atoms with E-state index in [2.05, 4.69) is 32.7 Å². The summed E-state index contributed by atoms with van der Waals surface area (Å²) in [7, 11) is 2.20. The molecule has 2 saturated carbocycles. The molecular weight excluding hydrogens is 238 g/mol. The van der Waals surface area contributed by atoms with Crippen molar-refractivity contribution >= 4 is 0 Å². The van der Waals surface area contributed by atoms with Crippen LogP contribution in [-0.2, 0) is 4.74 Å². The van der Waals surface area contributed by atoms with Crippen LogP contribution in [0, 0.1) is 17.8 Å². The summed E-state index contributed by atoms with van der Waals surface area (Å²) in [6.45, 7) is 7.52. The van der Waals surface area contributed by atoms with Gasteiger partial charge in [-0.25, -0.2) is 0 Å². The van der Waals surface area contributed by atoms with E-state index < -0.39 is 0 Å². The summed E-state index contributed by atoms with van der Waals surface area (Å²) in [6, 6.07) is 0.421. The van der Waals surface area contributed by atoms with Crippen molar-refractivity contribution in [3.8, 4) is 0 Å². The van der Waals surface area contributed by atoms with Gasteiger partial charge in [-0.2, -0.15) is 0 Å². The standard InChI is InChI=1S/C16H29NO2/c1-16(2,3)19-12-7-8-17(4)14(12)13-10-5-6-11(9-10)15(13)18/h10-15,18H,5-9H2,1-4H3/t10-,11+,12-,13-,14-,15-/m0/s1. The lowest BCUT2D eigenvalue weighted by Gasteiger charge is -2.40. The van der Waals surface area contributed by atoms with Crippen molar-refractivity contribution < 1.29 is 9.84 Å². The molecule has 110 valence electrons. The van der Waals surface area contributed by atoms with E-state index in [0.29, 0.717) is 24.0 Å². The molecule has 0 unspecified atom stereocenters. The maximum absolute atomic E-state index is 10.6. The zero-order valence-corrected chi connectivity index (χ0v) is 12.8. The summed E-state index contributed by atoms with van der Waals surface area (Å²) < 4.78 is 6.30. The monoisotopic (exact) mass is 267 g/mol. The number of hydrogen-bond donors (Lipinski definition) is 1. The molecule has 1 saturated heterocycles. The maximum Gasteiger partial charge on any atom is 0.0753 e. The van der Waals surface area contributed by atoms with Crippen LogP contribution in [0.3, 0.4) is 0 Å². The highest BCUT2D eigenvalue weighted by molar-refractivity contribution is 5.05. The molecule has 2 bridgehead atoms. The van der Waals surface area contributed by atoms with Gasteiger partial charge in [0, 0.05) is 18.5 Å². The minimum Gasteiger partial charge on any atom is -0.392 e. The second kappa shape index (κ2) is 4.71. The van der Waals surface area contributed by atoms with Crippen molar-refractivity contribution in [2.45, 2.75) is 70.3 Å². The zero-order valence-electron chi connectivity index (χ0n) is 12.8. The van der Waals surface area contributed by atoms with Crippen LogP contribution in [0.15, 0.2) is 0 Å². The molecule has 3 nitrogen and oxygen atoms in total. The molecule has 0 aromatic carbocycles. The van der Waals surface area contributed by atoms with Gasteiger partial charge in [-0.15, -0.1) is 0 Å². The van der Waals surface area contributed by atoms with Crippen molar-refractivity contribution in [1.82, 2.24) is 4.90 Å². The number of aliphatic hydroxyl groups excluding tert-OH is 1. The van der Waals surface area contributed by atoms with Gasteiger partial charge in [0.25, 0.3) is 0 Å². The lowest BCUT2D eigenvalue weighted by Crippen LogP contribution is -2.49. The normalized spacial score (nSPS) is 47.2. The van der Waals surface area contributed by atoms with Crippen molar-refractivity contribution in [2.24, 2.45) is 17.8 Å². The van der Waals surface area contributed by atoms with E-state index in [4.69, 9.17) is 4.74 Å². The smallest absolute Gasteiger partial charge is 0.0753 e. The lowest BCUT2D eigenvalue weighted by atomic mass is 9.79. The first-order valence-electron chi connectivity index (χ1n) is 7.93. The van der Waals surface area contributed by atoms with E-state index in [-0.39, 0.29) is 11.7 Å². The number of hydrogen-bond acceptors (Lipinski definition) is 3. The van der Waals surface area contributed by atoms with Crippen molar-refractivity contribution in [2.75, 3.05) is 13.6 Å². The molecule has 3 aliphatic rings. The first kappa shape index (κ1) is 13.8. The number of fused-ring (bicyclic) bond motifs is 2. The van der Waals surface area contributed by atoms with E-state index >= 15 is 0 Å². The van der Waals surface area contributed by atoms with Crippen LogP contribution in [-0.4, -0.2) is 47.4 Å². The first-order valence-corrected chi connectivity index (χ1v) is 7.93. The van der Waals surface area contributed by atoms with Gasteiger partial charge >= 0.3 is 0 Å². The molecule has 2 aliphatic carbocycles. The molecule has 0 aromatic heterocycles. The largest absolute Gasteiger partial charge is 0.392 e. The second-order valence-corrected chi connectivity index (χ2v) is 7.93. The van der Waals surface area contributed by atoms with E-state index in [1.54, 1.807) is 0 Å². The summed E-state index contributed by atoms with van der Waals surface area (Å²) in [5.41, 5.74) is -0.0866. The summed E-state index contributed by atoms with van der Waals surface area (Å²) >= 11 is 0. The Balaban J connectivity index is 1.77. The summed E-state index contributed by atoms with van der Waals surface area (Å²) in [5, 5.41) is 10.6. The van der Waals surface area contributed by atoms with Gasteiger partial charge in [-0.05, 0) is 65.3 Å². The summed E-state index contributed by atoms with van der Waals surface area (Å²) in [5.74, 6) is 1.74. The van der Waals surface area contributed by atoms with E-state index in [1.165, 1.54) is 19.3 Å². The Morgan fingerprint density at radius 3 is 2.37 bits per heavy atom. The highest BCUT2D eigenvalue weighted by atomic mass is 16.5. The van der Waals surface area contributed by atoms with Crippen LogP contribution in [0.25, 0.3) is 0 Å². The zero-order chi connectivity index (χ0) is 13.8. The van der Waals surface area contributed by atoms with Crippen molar-refractivity contribution in [3.63, 3.8) is 0 Å². The predicted octanol–water partition coefficient (Wildman–Crippen LogP) is 2.28. The Morgan fingerprint density at radius 2 is 1.79 bits per heavy atom. The number of likely N-dealkylation sites (N-methyl/N-ethyl adjacent to an activating group) is 1. The first-order chi connectivity index (χ1) is 8.87. The van der Waals surface area contributed by atoms with E-state index in [9.17, 15) is 5.11 Å². The number of ether oxygens (including phenoxy) is 1. The van der Waals surface area contributed by atoms with Crippen LogP contribution < -0.4 is 0 Å². The topological polar surface area (TPSA) is 32.7 Å². The fourth-order valence-corrected chi connectivity index (χ4v) is 4.85. The van der Waals surface area contributed by atoms with Gasteiger partial charge in [-0.3, -0.25) is 0 Å². The highest BCUT2D eigenvalue weighted by Crippen LogP contribution is 2.52. The van der Waals surface area contributed by atoms with Gasteiger partial charge in [0.1, 0.15) is 0 Å². The molecule has 3 rings (SSSR count). The third kappa shape index (κ3) is 2.45. The lowest BCUT2D eigenvalue weighted by molar-refractivity contribution is -0.0974. The minimum absolute atomic E-state index is 0.0866. The molecule has 19 heavy (non-hydrogen) atoms. The van der Waals surface area contributed by atoms with Crippen LogP contribution in [0.4, 0.5) is 0 Å². The average molecular weight is 267 g/mol. The summed E-state index contributed by atoms with van der Waals surface area (Å²) in [6.07, 6.45) is 5.12. The fraction of sp³-hybridized carbons (Fsp3) is 1.00. The molecule has 0 amide bonds. The number of aliphatic hydroxyl groups is 1. The Morgan fingerprint density at radius 1 is 1.11 bits per heavy atom. The van der Waals surface area contributed by atoms with Gasteiger partial charge in [-0.1, -0.05) is 0 Å². The quantitative estimate of drug-likeness (QED) is 0.833. The van der Waals surface area contributed by atoms with Gasteiger partial charge in [0.15, 0.2) is 0 Å². The Kier molecular flexibility index (Phi) is 3.43. The molecular formula is C16H29NO2. The Bertz CT molecular complexity index is 336. The number of likely N-dealkylation sites (tertiary alicyclic amines) is 1. The maximum atomic E-state index is 10.6. The van der Waals surface area contributed by atoms with Crippen LogP contribution in [0.1, 0.15) is 46.5 Å². The molecule has 0 aromatic rings. The van der Waals surface area contributed by atoms with Crippen molar-refractivity contribution in [3.05, 3.63) is 0 Å². The van der Waals surface area contributed by atoms with Gasteiger partial charge in [0.2, 0.25) is 0 Å². The third-order valence-corrected chi connectivity index (χ3v) is 5.49. The van der Waals surface area contributed by atoms with Gasteiger partial charge < -0.3 is 14.7 Å². The SMILES string of the molecule is CN1CC[C@H](OC(C)(C)C)[C@H]1[C@@H]1[C@H]2CC[C@H](C2)[C@@H]1O. The van der Waals surface area contributed by atoms with Crippen molar-refractivity contribution in [1.29, 1.82) is 0 Å². The third-order valence-electron chi connectivity index (χ3n) is 5.49. The molecule has 6 atom stereocenters. The van der Waals surface area contributed by atoms with Crippen LogP contribution >= 0.6 is 0 Å². The van der Waals surface area contributed by atoms with Crippen LogP contribution in [0.2, 0.25) is 0 Å². The Hall–Kier alpha value is -0.120. The second-order valence-electron chi connectivity index (χ2n) is 7.93. The molecule has 3 fully saturated rings. The minimum atomic E-state index is -0.0876. The number of nitrogens with zero attached hydrogens (tertiary/aromatic N) is 1. The molecule has 1 N–H and O–H groups in total. The fourth-order valence-electron chi connectivity index (χ4n) is 4.85.